The largest absolute Gasteiger partial charge is 0.404 e. The standard InChI is InChI=1S/C27H37N9O/c1-18(2)19-11-26(34-31-15-19)33-25-7-6-23-24(32-25)10-20(14-30-23)21(12-28)13-29-8-5-9-36-16-22(17-36)27(37)35(3)4/h6-7,10-15,18,22,27,37H,5,8-9,16-17,28H2,1-4H3,(H,32,33,34). The van der Waals surface area contributed by atoms with Gasteiger partial charge in [-0.1, -0.05) is 13.8 Å². The van der Waals surface area contributed by atoms with Gasteiger partial charge in [0.15, 0.2) is 5.82 Å². The minimum absolute atomic E-state index is 0.327. The molecule has 0 bridgehead atoms. The van der Waals surface area contributed by atoms with Crippen LogP contribution in [0, 0.1) is 5.92 Å². The number of nitrogens with zero attached hydrogens (tertiary/aromatic N) is 7. The molecule has 1 aliphatic heterocycles. The first kappa shape index (κ1) is 26.6. The molecule has 1 unspecified atom stereocenters. The van der Waals surface area contributed by atoms with Crippen molar-refractivity contribution in [2.24, 2.45) is 16.6 Å². The van der Waals surface area contributed by atoms with Crippen LogP contribution in [0.2, 0.25) is 0 Å². The number of anilines is 2. The molecule has 4 N–H and O–H groups in total. The van der Waals surface area contributed by atoms with Gasteiger partial charge in [-0.3, -0.25) is 14.9 Å². The number of aromatic nitrogens is 4. The summed E-state index contributed by atoms with van der Waals surface area (Å²) in [6, 6.07) is 7.75. The van der Waals surface area contributed by atoms with Crippen molar-refractivity contribution in [3.63, 3.8) is 0 Å². The van der Waals surface area contributed by atoms with E-state index in [4.69, 9.17) is 10.7 Å². The van der Waals surface area contributed by atoms with Crippen LogP contribution < -0.4 is 11.1 Å². The number of likely N-dealkylation sites (tertiary alicyclic amines) is 1. The minimum atomic E-state index is -0.367. The number of hydrogen-bond acceptors (Lipinski definition) is 10. The maximum Gasteiger partial charge on any atom is 0.154 e. The fourth-order valence-corrected chi connectivity index (χ4v) is 4.29. The Morgan fingerprint density at radius 1 is 1.22 bits per heavy atom. The Labute approximate surface area is 218 Å². The molecule has 3 aromatic rings. The van der Waals surface area contributed by atoms with E-state index in [2.05, 4.69) is 44.2 Å². The first-order chi connectivity index (χ1) is 17.8. The van der Waals surface area contributed by atoms with E-state index in [1.165, 1.54) is 0 Å². The number of pyridine rings is 2. The van der Waals surface area contributed by atoms with Crippen LogP contribution in [0.5, 0.6) is 0 Å². The number of aliphatic hydroxyl groups is 1. The van der Waals surface area contributed by atoms with E-state index in [9.17, 15) is 5.11 Å². The number of fused-ring (bicyclic) bond motifs is 1. The highest BCUT2D eigenvalue weighted by molar-refractivity contribution is 6.10. The van der Waals surface area contributed by atoms with Gasteiger partial charge in [0.2, 0.25) is 0 Å². The van der Waals surface area contributed by atoms with Gasteiger partial charge in [0.05, 0.1) is 17.2 Å². The minimum Gasteiger partial charge on any atom is -0.404 e. The lowest BCUT2D eigenvalue weighted by molar-refractivity contribution is -0.0729. The van der Waals surface area contributed by atoms with Crippen molar-refractivity contribution in [1.29, 1.82) is 0 Å². The van der Waals surface area contributed by atoms with Crippen molar-refractivity contribution in [3.8, 4) is 0 Å². The van der Waals surface area contributed by atoms with Gasteiger partial charge >= 0.3 is 0 Å². The number of nitrogens with two attached hydrogens (primary N) is 1. The predicted octanol–water partition coefficient (Wildman–Crippen LogP) is 2.86. The molecule has 4 rings (SSSR count). The quantitative estimate of drug-likeness (QED) is 0.205. The molecule has 0 aromatic carbocycles. The second kappa shape index (κ2) is 12.2. The normalized spacial score (nSPS) is 16.1. The Kier molecular flexibility index (Phi) is 8.75. The van der Waals surface area contributed by atoms with Crippen LogP contribution in [0.1, 0.15) is 37.3 Å². The highest BCUT2D eigenvalue weighted by atomic mass is 16.3. The van der Waals surface area contributed by atoms with E-state index in [1.807, 2.05) is 43.3 Å². The van der Waals surface area contributed by atoms with Crippen molar-refractivity contribution in [2.75, 3.05) is 45.6 Å². The molecule has 196 valence electrons. The third kappa shape index (κ3) is 6.85. The van der Waals surface area contributed by atoms with Crippen molar-refractivity contribution in [2.45, 2.75) is 32.4 Å². The highest BCUT2D eigenvalue weighted by Crippen LogP contribution is 2.22. The maximum atomic E-state index is 10.1. The van der Waals surface area contributed by atoms with Crippen molar-refractivity contribution < 1.29 is 5.11 Å². The van der Waals surface area contributed by atoms with E-state index >= 15 is 0 Å². The van der Waals surface area contributed by atoms with Gasteiger partial charge in [-0.25, -0.2) is 4.98 Å². The molecule has 0 amide bonds. The molecule has 4 heterocycles. The molecule has 10 heteroatoms. The van der Waals surface area contributed by atoms with Crippen LogP contribution in [0.4, 0.5) is 11.6 Å². The number of rotatable bonds is 11. The molecule has 1 aliphatic rings. The molecule has 0 saturated carbocycles. The molecule has 10 nitrogen and oxygen atoms in total. The third-order valence-electron chi connectivity index (χ3n) is 6.58. The maximum absolute atomic E-state index is 10.1. The summed E-state index contributed by atoms with van der Waals surface area (Å²) < 4.78 is 0. The lowest BCUT2D eigenvalue weighted by Crippen LogP contribution is -2.55. The molecule has 0 radical (unpaired) electrons. The van der Waals surface area contributed by atoms with E-state index in [1.54, 1.807) is 24.8 Å². The van der Waals surface area contributed by atoms with Crippen LogP contribution in [0.15, 0.2) is 47.9 Å². The second-order valence-corrected chi connectivity index (χ2v) is 10.0. The SMILES string of the molecule is CC(C)c1cnnc(Nc2ccc3ncc(C(C=NCCCN4CC(C(O)N(C)C)C4)=CN)cc3n2)c1. The zero-order valence-electron chi connectivity index (χ0n) is 22.0. The highest BCUT2D eigenvalue weighted by Gasteiger charge is 2.32. The van der Waals surface area contributed by atoms with E-state index < -0.39 is 0 Å². The van der Waals surface area contributed by atoms with Gasteiger partial charge in [-0.2, -0.15) is 5.10 Å². The number of aliphatic imine (C=N–C) groups is 1. The summed E-state index contributed by atoms with van der Waals surface area (Å²) in [6.45, 7) is 7.77. The average Bonchev–Trinajstić information content (AvgIpc) is 2.86. The molecule has 0 spiro atoms. The fourth-order valence-electron chi connectivity index (χ4n) is 4.29. The van der Waals surface area contributed by atoms with Gasteiger partial charge in [-0.15, -0.1) is 5.10 Å². The zero-order chi connectivity index (χ0) is 26.4. The van der Waals surface area contributed by atoms with Gasteiger partial charge in [-0.05, 0) is 62.8 Å². The number of nitrogens with one attached hydrogen (secondary N) is 1. The van der Waals surface area contributed by atoms with Crippen LogP contribution in [-0.2, 0) is 0 Å². The summed E-state index contributed by atoms with van der Waals surface area (Å²) >= 11 is 0. The summed E-state index contributed by atoms with van der Waals surface area (Å²) in [5, 5.41) is 21.6. The Hall–Kier alpha value is -3.47. The van der Waals surface area contributed by atoms with E-state index in [0.717, 1.165) is 53.8 Å². The number of allylic oxidation sites excluding steroid dienone is 1. The van der Waals surface area contributed by atoms with Crippen LogP contribution in [-0.4, -0.2) is 87.8 Å². The van der Waals surface area contributed by atoms with Gasteiger partial charge in [0.1, 0.15) is 12.0 Å². The first-order valence-corrected chi connectivity index (χ1v) is 12.7. The molecule has 37 heavy (non-hydrogen) atoms. The molecule has 1 atom stereocenters. The van der Waals surface area contributed by atoms with Crippen LogP contribution in [0.25, 0.3) is 16.6 Å². The van der Waals surface area contributed by atoms with E-state index in [-0.39, 0.29) is 6.23 Å². The van der Waals surface area contributed by atoms with Crippen molar-refractivity contribution in [1.82, 2.24) is 30.0 Å². The van der Waals surface area contributed by atoms with Gasteiger partial charge in [0.25, 0.3) is 0 Å². The number of hydrogen-bond donors (Lipinski definition) is 3. The Morgan fingerprint density at radius 2 is 2.03 bits per heavy atom. The van der Waals surface area contributed by atoms with E-state index in [0.29, 0.717) is 30.0 Å². The van der Waals surface area contributed by atoms with Gasteiger partial charge < -0.3 is 21.1 Å². The van der Waals surface area contributed by atoms with Crippen LogP contribution >= 0.6 is 0 Å². The molecule has 0 aliphatic carbocycles. The lowest BCUT2D eigenvalue weighted by Gasteiger charge is -2.43. The number of aliphatic hydroxyl groups excluding tert-OH is 1. The Morgan fingerprint density at radius 3 is 2.76 bits per heavy atom. The summed E-state index contributed by atoms with van der Waals surface area (Å²) in [6.07, 6.45) is 7.49. The topological polar surface area (TPSA) is 129 Å². The summed E-state index contributed by atoms with van der Waals surface area (Å²) in [5.41, 5.74) is 10.2. The monoisotopic (exact) mass is 503 g/mol. The Bertz CT molecular complexity index is 1250. The molecule has 3 aromatic heterocycles. The first-order valence-electron chi connectivity index (χ1n) is 12.7. The van der Waals surface area contributed by atoms with Crippen molar-refractivity contribution in [3.05, 3.63) is 54.0 Å². The molecule has 1 fully saturated rings. The molecular formula is C27H37N9O. The fraction of sp³-hybridized carbons (Fsp3) is 0.444. The summed E-state index contributed by atoms with van der Waals surface area (Å²) in [5.74, 6) is 2.01. The second-order valence-electron chi connectivity index (χ2n) is 10.0. The molecule has 1 saturated heterocycles. The summed E-state index contributed by atoms with van der Waals surface area (Å²) in [4.78, 5) is 18.1. The van der Waals surface area contributed by atoms with Crippen LogP contribution in [0.3, 0.4) is 0 Å². The molecular weight excluding hydrogens is 466 g/mol. The predicted molar refractivity (Wildman–Crippen MR) is 149 cm³/mol. The average molecular weight is 504 g/mol. The Balaban J connectivity index is 1.34. The lowest BCUT2D eigenvalue weighted by atomic mass is 9.97. The zero-order valence-corrected chi connectivity index (χ0v) is 22.0. The smallest absolute Gasteiger partial charge is 0.154 e. The third-order valence-corrected chi connectivity index (χ3v) is 6.58. The summed E-state index contributed by atoms with van der Waals surface area (Å²) in [7, 11) is 3.81. The van der Waals surface area contributed by atoms with Gasteiger partial charge in [0, 0.05) is 55.3 Å². The van der Waals surface area contributed by atoms with Crippen molar-refractivity contribution >= 4 is 34.5 Å².